The van der Waals surface area contributed by atoms with Gasteiger partial charge in [0.15, 0.2) is 17.4 Å². The number of phenols is 3. The van der Waals surface area contributed by atoms with E-state index in [9.17, 15) is 50.1 Å². The summed E-state index contributed by atoms with van der Waals surface area (Å²) in [6.45, 7) is 0. The minimum Gasteiger partial charge on any atom is -0.508 e. The topological polar surface area (TPSA) is 331 Å². The van der Waals surface area contributed by atoms with Gasteiger partial charge in [-0.25, -0.2) is 0 Å². The number of nitrogens with two attached hydrogens (primary N) is 1. The van der Waals surface area contributed by atoms with Crippen molar-refractivity contribution in [2.45, 2.75) is 0 Å². The van der Waals surface area contributed by atoms with Gasteiger partial charge in [-0.1, -0.05) is 0 Å². The molecule has 0 radical (unpaired) electrons. The average Bonchev–Trinajstić information content (AvgIpc) is 3.90. The SMILES string of the molecule is COc1cc(O)ccc1N.COc1cc(O)ccc1N/C(=C/C(=O)c1ccc([N+](=O)[O-])cc1)SC.COc1cc(O)ccc1Nc1cc(-c2ccc([N+](=O)[O-])cc2)[nH]n1.CSC(=CC(=O)c1ccc([N+](=O)[O-])cc1)SC. The summed E-state index contributed by atoms with van der Waals surface area (Å²) >= 11 is 4.31. The van der Waals surface area contributed by atoms with Gasteiger partial charge in [0.2, 0.25) is 0 Å². The number of allylic oxidation sites excluding steroid dienone is 2. The molecule has 22 nitrogen and oxygen atoms in total. The van der Waals surface area contributed by atoms with E-state index in [0.717, 1.165) is 9.80 Å². The number of ketones is 2. The van der Waals surface area contributed by atoms with Crippen molar-refractivity contribution in [1.29, 1.82) is 0 Å². The summed E-state index contributed by atoms with van der Waals surface area (Å²) in [6.07, 6.45) is 8.53. The zero-order chi connectivity index (χ0) is 55.9. The van der Waals surface area contributed by atoms with E-state index in [-0.39, 0.29) is 45.9 Å². The summed E-state index contributed by atoms with van der Waals surface area (Å²) in [7, 11) is 4.49. The van der Waals surface area contributed by atoms with Gasteiger partial charge in [-0.05, 0) is 91.6 Å². The van der Waals surface area contributed by atoms with Crippen molar-refractivity contribution in [3.05, 3.63) is 196 Å². The van der Waals surface area contributed by atoms with Crippen molar-refractivity contribution in [2.75, 3.05) is 56.5 Å². The highest BCUT2D eigenvalue weighted by atomic mass is 32.2. The van der Waals surface area contributed by atoms with Crippen LogP contribution < -0.4 is 30.6 Å². The van der Waals surface area contributed by atoms with Crippen molar-refractivity contribution in [1.82, 2.24) is 10.2 Å². The molecule has 25 heteroatoms. The predicted octanol–water partition coefficient (Wildman–Crippen LogP) is 11.6. The molecule has 0 bridgehead atoms. The Hall–Kier alpha value is -9.20. The zero-order valence-corrected chi connectivity index (χ0v) is 43.7. The number of nitrogens with one attached hydrogen (secondary N) is 3. The van der Waals surface area contributed by atoms with E-state index >= 15 is 0 Å². The number of nitro benzene ring substituents is 3. The first-order chi connectivity index (χ1) is 36.3. The van der Waals surface area contributed by atoms with E-state index in [4.69, 9.17) is 25.1 Å². The van der Waals surface area contributed by atoms with Crippen molar-refractivity contribution >= 4 is 86.8 Å². The second kappa shape index (κ2) is 29.5. The molecule has 7 aromatic rings. The van der Waals surface area contributed by atoms with E-state index in [1.54, 1.807) is 42.7 Å². The molecule has 0 aliphatic rings. The normalized spacial score (nSPS) is 10.3. The molecule has 0 saturated heterocycles. The van der Waals surface area contributed by atoms with Gasteiger partial charge in [0.25, 0.3) is 17.1 Å². The fourth-order valence-corrected chi connectivity index (χ4v) is 7.62. The van der Waals surface area contributed by atoms with Gasteiger partial charge in [0.05, 0.1) is 63.9 Å². The highest BCUT2D eigenvalue weighted by Crippen LogP contribution is 2.33. The summed E-state index contributed by atoms with van der Waals surface area (Å²) in [5.74, 6) is 1.86. The molecule has 396 valence electrons. The van der Waals surface area contributed by atoms with E-state index in [0.29, 0.717) is 62.0 Å². The number of carbonyl (C=O) groups is 2. The van der Waals surface area contributed by atoms with Crippen molar-refractivity contribution in [3.8, 4) is 45.8 Å². The standard InChI is InChI=1S/C17H16N2O5S.C16H14N4O4.C11H11NO3S2.C7H9NO2/c1-24-16-9-13(20)7-8-14(16)18-17(25-2)10-15(21)11-3-5-12(6-4-11)19(22)23;1-24-15-8-12(21)6-7-13(15)17-16-9-14(18-19-16)10-2-4-11(5-3-10)20(22)23;1-16-11(17-2)7-10(13)8-3-5-9(6-4-8)12(14)15;1-10-7-4-5(9)2-3-6(7)8/h3-10,18,20H,1-2H3;2-9,21H,1H3,(H2,17,18,19);3-7H,1-2H3;2-4,9H,8H2,1H3/b17-10-;;;. The van der Waals surface area contributed by atoms with E-state index in [1.165, 1.54) is 166 Å². The third-order valence-corrected chi connectivity index (χ3v) is 12.6. The van der Waals surface area contributed by atoms with Crippen LogP contribution in [0, 0.1) is 30.3 Å². The number of phenolic OH excluding ortho intramolecular Hbond substituents is 3. The first-order valence-electron chi connectivity index (χ1n) is 21.7. The number of anilines is 4. The van der Waals surface area contributed by atoms with Crippen molar-refractivity contribution in [3.63, 3.8) is 0 Å². The number of carbonyl (C=O) groups excluding carboxylic acids is 2. The van der Waals surface area contributed by atoms with Crippen LogP contribution in [-0.2, 0) is 0 Å². The molecule has 0 unspecified atom stereocenters. The third kappa shape index (κ3) is 18.1. The maximum Gasteiger partial charge on any atom is 0.269 e. The van der Waals surface area contributed by atoms with E-state index in [2.05, 4.69) is 20.8 Å². The molecule has 0 saturated carbocycles. The monoisotopic (exact) mass is 1090 g/mol. The Balaban J connectivity index is 0.000000229. The molecular formula is C51H50N8O14S3. The molecule has 0 aliphatic carbocycles. The lowest BCUT2D eigenvalue weighted by molar-refractivity contribution is -0.385. The van der Waals surface area contributed by atoms with Crippen LogP contribution in [0.3, 0.4) is 0 Å². The van der Waals surface area contributed by atoms with Gasteiger partial charge < -0.3 is 45.9 Å². The van der Waals surface area contributed by atoms with Gasteiger partial charge in [-0.2, -0.15) is 5.10 Å². The Morgan fingerprint density at radius 2 is 1.00 bits per heavy atom. The van der Waals surface area contributed by atoms with Gasteiger partial charge in [-0.3, -0.25) is 45.0 Å². The molecule has 0 fully saturated rings. The number of methoxy groups -OCH3 is 3. The van der Waals surface area contributed by atoms with Crippen LogP contribution in [-0.4, -0.2) is 92.0 Å². The van der Waals surface area contributed by atoms with Crippen LogP contribution in [0.4, 0.5) is 39.9 Å². The second-order valence-electron chi connectivity index (χ2n) is 14.8. The summed E-state index contributed by atoms with van der Waals surface area (Å²) in [5, 5.41) is 73.4. The number of aromatic nitrogens is 2. The molecule has 1 heterocycles. The second-order valence-corrected chi connectivity index (χ2v) is 17.6. The number of hydrogen-bond acceptors (Lipinski definition) is 21. The van der Waals surface area contributed by atoms with Crippen LogP contribution in [0.1, 0.15) is 20.7 Å². The Labute approximate surface area is 447 Å². The summed E-state index contributed by atoms with van der Waals surface area (Å²) < 4.78 is 16.1. The largest absolute Gasteiger partial charge is 0.508 e. The number of thioether (sulfide) groups is 3. The number of rotatable bonds is 18. The third-order valence-electron chi connectivity index (χ3n) is 9.93. The maximum atomic E-state index is 12.3. The van der Waals surface area contributed by atoms with Crippen LogP contribution in [0.15, 0.2) is 155 Å². The van der Waals surface area contributed by atoms with E-state index < -0.39 is 14.8 Å². The van der Waals surface area contributed by atoms with Crippen LogP contribution >= 0.6 is 35.3 Å². The molecule has 7 rings (SSSR count). The smallest absolute Gasteiger partial charge is 0.269 e. The Bertz CT molecular complexity index is 3190. The number of aromatic amines is 1. The fraction of sp³-hybridized carbons (Fsp3) is 0.118. The Morgan fingerprint density at radius 3 is 1.43 bits per heavy atom. The number of nitrogens with zero attached hydrogens (tertiary/aromatic N) is 4. The lowest BCUT2D eigenvalue weighted by atomic mass is 10.1. The molecule has 0 aliphatic heterocycles. The number of aromatic hydroxyl groups is 3. The lowest BCUT2D eigenvalue weighted by Crippen LogP contribution is -2.03. The zero-order valence-electron chi connectivity index (χ0n) is 41.3. The van der Waals surface area contributed by atoms with Crippen LogP contribution in [0.25, 0.3) is 11.3 Å². The number of nitrogen functional groups attached to an aromatic ring is 1. The number of nitro groups is 3. The highest BCUT2D eigenvalue weighted by Gasteiger charge is 2.14. The quantitative estimate of drug-likeness (QED) is 0.0105. The average molecular weight is 1100 g/mol. The molecular weight excluding hydrogens is 1040 g/mol. The van der Waals surface area contributed by atoms with Gasteiger partial charge >= 0.3 is 0 Å². The number of benzene rings is 6. The Kier molecular flexibility index (Phi) is 23.0. The van der Waals surface area contributed by atoms with Crippen LogP contribution in [0.2, 0.25) is 0 Å². The number of hydrogen-bond donors (Lipinski definition) is 7. The van der Waals surface area contributed by atoms with E-state index in [1.807, 2.05) is 12.5 Å². The summed E-state index contributed by atoms with van der Waals surface area (Å²) in [5.41, 5.74) is 9.47. The molecule has 76 heavy (non-hydrogen) atoms. The minimum absolute atomic E-state index is 0.0134. The minimum atomic E-state index is -0.518. The maximum absolute atomic E-state index is 12.3. The first kappa shape index (κ1) is 59.4. The molecule has 1 aromatic heterocycles. The molecule has 0 spiro atoms. The lowest BCUT2D eigenvalue weighted by Gasteiger charge is -2.12. The van der Waals surface area contributed by atoms with Crippen molar-refractivity contribution in [2.24, 2.45) is 0 Å². The van der Waals surface area contributed by atoms with Gasteiger partial charge in [0.1, 0.15) is 34.5 Å². The summed E-state index contributed by atoms with van der Waals surface area (Å²) in [6, 6.07) is 32.8. The number of non-ortho nitro benzene ring substituents is 3. The fourth-order valence-electron chi connectivity index (χ4n) is 6.07. The number of H-pyrrole nitrogens is 1. The van der Waals surface area contributed by atoms with Gasteiger partial charge in [0, 0.05) is 93.7 Å². The first-order valence-corrected chi connectivity index (χ1v) is 25.3. The van der Waals surface area contributed by atoms with Crippen molar-refractivity contribution < 1.29 is 53.9 Å². The molecule has 0 atom stereocenters. The highest BCUT2D eigenvalue weighted by molar-refractivity contribution is 8.21. The Morgan fingerprint density at radius 1 is 0.579 bits per heavy atom. The van der Waals surface area contributed by atoms with Crippen LogP contribution in [0.5, 0.6) is 34.5 Å². The molecule has 8 N–H and O–H groups in total. The van der Waals surface area contributed by atoms with Gasteiger partial charge in [-0.15, -0.1) is 35.3 Å². The number of ether oxygens (including phenoxy) is 3. The predicted molar refractivity (Wildman–Crippen MR) is 298 cm³/mol. The molecule has 0 amide bonds. The molecule has 6 aromatic carbocycles. The summed E-state index contributed by atoms with van der Waals surface area (Å²) in [4.78, 5) is 54.5.